The van der Waals surface area contributed by atoms with Gasteiger partial charge in [0.05, 0.1) is 5.92 Å². The highest BCUT2D eigenvalue weighted by Crippen LogP contribution is 2.23. The van der Waals surface area contributed by atoms with E-state index in [1.54, 1.807) is 6.08 Å². The van der Waals surface area contributed by atoms with Crippen LogP contribution in [0.25, 0.3) is 0 Å². The Morgan fingerprint density at radius 2 is 2.36 bits per heavy atom. The van der Waals surface area contributed by atoms with Crippen LogP contribution < -0.4 is 0 Å². The number of allylic oxidation sites excluding steroid dienone is 1. The highest BCUT2D eigenvalue weighted by Gasteiger charge is 2.35. The number of carbonyl (C=O) groups excluding carboxylic acids is 2. The summed E-state index contributed by atoms with van der Waals surface area (Å²) in [6.45, 7) is 3.50. The van der Waals surface area contributed by atoms with E-state index in [0.717, 1.165) is 4.31 Å². The van der Waals surface area contributed by atoms with E-state index in [9.17, 15) is 9.59 Å². The maximum Gasteiger partial charge on any atom is 0.243 e. The Bertz CT molecular complexity index is 214. The first kappa shape index (κ1) is 8.33. The molecule has 1 aliphatic rings. The van der Waals surface area contributed by atoms with Gasteiger partial charge >= 0.3 is 0 Å². The quantitative estimate of drug-likeness (QED) is 0.379. The van der Waals surface area contributed by atoms with Crippen molar-refractivity contribution in [3.05, 3.63) is 12.7 Å². The first-order valence-electron chi connectivity index (χ1n) is 3.33. The van der Waals surface area contributed by atoms with Gasteiger partial charge in [0.2, 0.25) is 11.8 Å². The molecule has 1 fully saturated rings. The summed E-state index contributed by atoms with van der Waals surface area (Å²) >= 11 is 3.73. The molecule has 1 aliphatic heterocycles. The molecule has 0 aliphatic carbocycles. The minimum Gasteiger partial charge on any atom is -0.273 e. The molecular weight excluding hydrogens is 162 g/mol. The summed E-state index contributed by atoms with van der Waals surface area (Å²) < 4.78 is 0.883. The first-order chi connectivity index (χ1) is 5.16. The highest BCUT2D eigenvalue weighted by molar-refractivity contribution is 7.79. The van der Waals surface area contributed by atoms with Crippen LogP contribution in [-0.4, -0.2) is 16.1 Å². The van der Waals surface area contributed by atoms with Gasteiger partial charge in [-0.2, -0.15) is 0 Å². The van der Waals surface area contributed by atoms with Crippen LogP contribution in [0.4, 0.5) is 0 Å². The molecule has 0 bridgehead atoms. The van der Waals surface area contributed by atoms with Crippen molar-refractivity contribution in [3.8, 4) is 0 Å². The summed E-state index contributed by atoms with van der Waals surface area (Å²) in [5.74, 6) is -0.652. The minimum atomic E-state index is -0.225. The van der Waals surface area contributed by atoms with Crippen LogP contribution in [0.5, 0.6) is 0 Å². The smallest absolute Gasteiger partial charge is 0.243 e. The predicted molar refractivity (Wildman–Crippen MR) is 43.8 cm³/mol. The van der Waals surface area contributed by atoms with Crippen molar-refractivity contribution in [3.63, 3.8) is 0 Å². The van der Waals surface area contributed by atoms with E-state index in [4.69, 9.17) is 0 Å². The second-order valence-corrected chi connectivity index (χ2v) is 2.87. The molecule has 1 atom stereocenters. The fourth-order valence-electron chi connectivity index (χ4n) is 1.07. The van der Waals surface area contributed by atoms with Crippen LogP contribution in [-0.2, 0) is 9.59 Å². The van der Waals surface area contributed by atoms with E-state index < -0.39 is 0 Å². The van der Waals surface area contributed by atoms with E-state index in [0.29, 0.717) is 6.42 Å². The maximum atomic E-state index is 11.1. The molecule has 11 heavy (non-hydrogen) atoms. The van der Waals surface area contributed by atoms with Crippen molar-refractivity contribution in [1.82, 2.24) is 4.31 Å². The van der Waals surface area contributed by atoms with Crippen molar-refractivity contribution in [2.24, 2.45) is 5.92 Å². The lowest BCUT2D eigenvalue weighted by Crippen LogP contribution is -2.20. The number of hydrogen-bond donors (Lipinski definition) is 1. The van der Waals surface area contributed by atoms with Gasteiger partial charge in [-0.15, -0.1) is 6.58 Å². The van der Waals surface area contributed by atoms with E-state index in [-0.39, 0.29) is 24.2 Å². The molecule has 0 saturated carbocycles. The number of amides is 2. The molecular formula is C7H9NO2S. The van der Waals surface area contributed by atoms with Gasteiger partial charge in [-0.25, -0.2) is 4.31 Å². The fourth-order valence-corrected chi connectivity index (χ4v) is 1.31. The lowest BCUT2D eigenvalue weighted by molar-refractivity contribution is -0.132. The SMILES string of the molecule is C=CCC1CC(=O)N(S)C1=O. The minimum absolute atomic E-state index is 0.210. The lowest BCUT2D eigenvalue weighted by Gasteiger charge is -2.03. The molecule has 4 heteroatoms. The van der Waals surface area contributed by atoms with Gasteiger partial charge in [0.1, 0.15) is 0 Å². The molecule has 0 N–H and O–H groups in total. The monoisotopic (exact) mass is 171 g/mol. The second-order valence-electron chi connectivity index (χ2n) is 2.47. The molecule has 1 saturated heterocycles. The van der Waals surface area contributed by atoms with Gasteiger partial charge in [-0.05, 0) is 6.42 Å². The van der Waals surface area contributed by atoms with Crippen molar-refractivity contribution < 1.29 is 9.59 Å². The molecule has 1 heterocycles. The van der Waals surface area contributed by atoms with Crippen LogP contribution >= 0.6 is 12.8 Å². The molecule has 0 spiro atoms. The van der Waals surface area contributed by atoms with Crippen LogP contribution in [0.2, 0.25) is 0 Å². The van der Waals surface area contributed by atoms with Gasteiger partial charge in [-0.3, -0.25) is 9.59 Å². The third-order valence-electron chi connectivity index (χ3n) is 1.67. The Labute approximate surface area is 70.6 Å². The number of carbonyl (C=O) groups is 2. The highest BCUT2D eigenvalue weighted by atomic mass is 32.1. The topological polar surface area (TPSA) is 37.4 Å². The van der Waals surface area contributed by atoms with E-state index in [2.05, 4.69) is 19.4 Å². The summed E-state index contributed by atoms with van der Waals surface area (Å²) in [5, 5.41) is 0. The Hall–Kier alpha value is -0.770. The van der Waals surface area contributed by atoms with E-state index >= 15 is 0 Å². The standard InChI is InChI=1S/C7H9NO2S/c1-2-3-5-4-6(9)8(11)7(5)10/h2,5,11H,1,3-4H2. The zero-order chi connectivity index (χ0) is 8.43. The summed E-state index contributed by atoms with van der Waals surface area (Å²) in [6, 6.07) is 0. The van der Waals surface area contributed by atoms with E-state index in [1.165, 1.54) is 0 Å². The maximum absolute atomic E-state index is 11.1. The Kier molecular flexibility index (Phi) is 2.34. The van der Waals surface area contributed by atoms with Gasteiger partial charge in [0.15, 0.2) is 0 Å². The number of thiol groups is 1. The molecule has 0 aromatic rings. The number of imide groups is 1. The molecule has 0 aromatic heterocycles. The second kappa shape index (κ2) is 3.09. The molecule has 3 nitrogen and oxygen atoms in total. The number of hydrogen-bond acceptors (Lipinski definition) is 3. The number of rotatable bonds is 2. The molecule has 60 valence electrons. The van der Waals surface area contributed by atoms with Gasteiger partial charge in [0, 0.05) is 6.42 Å². The van der Waals surface area contributed by atoms with Crippen LogP contribution in [0, 0.1) is 5.92 Å². The molecule has 1 rings (SSSR count). The summed E-state index contributed by atoms with van der Waals surface area (Å²) in [7, 11) is 0. The van der Waals surface area contributed by atoms with Gasteiger partial charge in [-0.1, -0.05) is 18.9 Å². The van der Waals surface area contributed by atoms with Crippen molar-refractivity contribution in [2.75, 3.05) is 0 Å². The van der Waals surface area contributed by atoms with E-state index in [1.807, 2.05) is 0 Å². The first-order valence-corrected chi connectivity index (χ1v) is 3.73. The average molecular weight is 171 g/mol. The zero-order valence-electron chi connectivity index (χ0n) is 5.99. The van der Waals surface area contributed by atoms with Gasteiger partial charge < -0.3 is 0 Å². The van der Waals surface area contributed by atoms with Crippen LogP contribution in [0.15, 0.2) is 12.7 Å². The zero-order valence-corrected chi connectivity index (χ0v) is 6.88. The Morgan fingerprint density at radius 3 is 2.73 bits per heavy atom. The summed E-state index contributed by atoms with van der Waals surface area (Å²) in [6.07, 6.45) is 2.47. The van der Waals surface area contributed by atoms with Crippen molar-refractivity contribution in [2.45, 2.75) is 12.8 Å². The average Bonchev–Trinajstić information content (AvgIpc) is 2.19. The molecule has 2 amide bonds. The van der Waals surface area contributed by atoms with Gasteiger partial charge in [0.25, 0.3) is 0 Å². The summed E-state index contributed by atoms with van der Waals surface area (Å²) in [4.78, 5) is 22.0. The van der Waals surface area contributed by atoms with Crippen LogP contribution in [0.3, 0.4) is 0 Å². The normalized spacial score (nSPS) is 24.5. The molecule has 0 radical (unpaired) electrons. The van der Waals surface area contributed by atoms with Crippen molar-refractivity contribution >= 4 is 24.6 Å². The Balaban J connectivity index is 2.66. The largest absolute Gasteiger partial charge is 0.273 e. The third kappa shape index (κ3) is 1.45. The number of nitrogens with zero attached hydrogens (tertiary/aromatic N) is 1. The third-order valence-corrected chi connectivity index (χ3v) is 2.09. The molecule has 1 unspecified atom stereocenters. The molecule has 0 aromatic carbocycles. The van der Waals surface area contributed by atoms with Crippen molar-refractivity contribution in [1.29, 1.82) is 0 Å². The fraction of sp³-hybridized carbons (Fsp3) is 0.429. The predicted octanol–water partition coefficient (Wildman–Crippen LogP) is 0.782. The Morgan fingerprint density at radius 1 is 1.73 bits per heavy atom. The lowest BCUT2D eigenvalue weighted by atomic mass is 10.0. The summed E-state index contributed by atoms with van der Waals surface area (Å²) in [5.41, 5.74) is 0. The van der Waals surface area contributed by atoms with Crippen LogP contribution in [0.1, 0.15) is 12.8 Å².